The molecule has 1 amide bonds. The van der Waals surface area contributed by atoms with Crippen molar-refractivity contribution in [3.05, 3.63) is 79.4 Å². The molecule has 0 aliphatic carbocycles. The van der Waals surface area contributed by atoms with Gasteiger partial charge < -0.3 is 23.8 Å². The second-order valence-electron chi connectivity index (χ2n) is 8.77. The molecule has 0 saturated carbocycles. The Labute approximate surface area is 228 Å². The summed E-state index contributed by atoms with van der Waals surface area (Å²) in [5, 5.41) is 3.76. The molecule has 6 rings (SSSR count). The van der Waals surface area contributed by atoms with Crippen molar-refractivity contribution in [1.82, 2.24) is 9.58 Å². The van der Waals surface area contributed by atoms with Crippen molar-refractivity contribution in [2.24, 2.45) is 0 Å². The number of halogens is 2. The lowest BCUT2D eigenvalue weighted by atomic mass is 9.97. The highest BCUT2D eigenvalue weighted by atomic mass is 32.2. The number of rotatable bonds is 4. The van der Waals surface area contributed by atoms with E-state index in [1.807, 2.05) is 16.5 Å². The Bertz CT molecular complexity index is 1530. The third-order valence-electron chi connectivity index (χ3n) is 6.77. The minimum Gasteiger partial charge on any atom is -0.451 e. The number of carbonyl (C=O) groups excluding carboxylic acids is 2. The Morgan fingerprint density at radius 3 is 2.87 bits per heavy atom. The van der Waals surface area contributed by atoms with Gasteiger partial charge in [-0.25, -0.2) is 13.6 Å². The lowest BCUT2D eigenvalue weighted by Crippen LogP contribution is -2.66. The van der Waals surface area contributed by atoms with E-state index in [0.717, 1.165) is 22.9 Å². The number of hydrogen-bond acceptors (Lipinski definition) is 10. The number of benzene rings is 1. The average Bonchev–Trinajstić information content (AvgIpc) is 3.35. The van der Waals surface area contributed by atoms with E-state index in [-0.39, 0.29) is 42.5 Å². The first-order valence-corrected chi connectivity index (χ1v) is 13.7. The van der Waals surface area contributed by atoms with Crippen molar-refractivity contribution >= 4 is 35.2 Å². The largest absolute Gasteiger partial charge is 0.510 e. The van der Waals surface area contributed by atoms with Crippen molar-refractivity contribution in [3.8, 4) is 5.75 Å². The first-order valence-electron chi connectivity index (χ1n) is 11.8. The molecule has 3 aliphatic heterocycles. The molecule has 0 N–H and O–H groups in total. The molecule has 39 heavy (non-hydrogen) atoms. The SMILES string of the molecule is COC(=O)OCOc1c2n(ccc1=O)N([C@@H]1c3ccc(F)c(F)c3CSc3ccsc31)C1COCCN1C2=O. The van der Waals surface area contributed by atoms with Crippen LogP contribution in [0.25, 0.3) is 0 Å². The summed E-state index contributed by atoms with van der Waals surface area (Å²) >= 11 is 2.86. The van der Waals surface area contributed by atoms with Crippen molar-refractivity contribution < 1.29 is 37.3 Å². The van der Waals surface area contributed by atoms with Gasteiger partial charge in [0.1, 0.15) is 12.2 Å². The number of pyridine rings is 1. The number of thioether (sulfide) groups is 1. The van der Waals surface area contributed by atoms with Gasteiger partial charge in [0.05, 0.1) is 20.3 Å². The molecule has 204 valence electrons. The summed E-state index contributed by atoms with van der Waals surface area (Å²) in [6, 6.07) is 5.14. The molecule has 3 aliphatic rings. The van der Waals surface area contributed by atoms with Crippen LogP contribution in [0.5, 0.6) is 5.75 Å². The van der Waals surface area contributed by atoms with E-state index in [1.54, 1.807) is 11.0 Å². The second kappa shape index (κ2) is 10.2. The Hall–Kier alpha value is -3.62. The lowest BCUT2D eigenvalue weighted by molar-refractivity contribution is -0.0208. The normalized spacial score (nSPS) is 19.8. The fourth-order valence-corrected chi connectivity index (χ4v) is 7.36. The van der Waals surface area contributed by atoms with E-state index in [0.29, 0.717) is 5.56 Å². The summed E-state index contributed by atoms with van der Waals surface area (Å²) in [5.74, 6) is -2.45. The van der Waals surface area contributed by atoms with Crippen LogP contribution in [-0.2, 0) is 20.0 Å². The quantitative estimate of drug-likeness (QED) is 0.341. The molecule has 0 spiro atoms. The molecule has 0 bridgehead atoms. The molecule has 1 saturated heterocycles. The average molecular weight is 578 g/mol. The van der Waals surface area contributed by atoms with Gasteiger partial charge >= 0.3 is 6.16 Å². The van der Waals surface area contributed by atoms with E-state index >= 15 is 4.39 Å². The predicted molar refractivity (Wildman–Crippen MR) is 136 cm³/mol. The van der Waals surface area contributed by atoms with Crippen molar-refractivity contribution in [3.63, 3.8) is 0 Å². The van der Waals surface area contributed by atoms with Crippen LogP contribution in [0.15, 0.2) is 45.5 Å². The summed E-state index contributed by atoms with van der Waals surface area (Å²) in [6.07, 6.45) is -0.210. The number of nitrogens with zero attached hydrogens (tertiary/aromatic N) is 3. The van der Waals surface area contributed by atoms with Crippen LogP contribution in [0.2, 0.25) is 0 Å². The standard InChI is InChI=1S/C25H21F2N3O7S2/c1-34-25(33)37-12-36-22-16(31)4-6-29-21(22)24(32)28-7-8-35-10-18(28)30(29)20-13-2-3-15(26)19(27)14(13)11-39-17-5-9-38-23(17)20/h2-6,9,18,20H,7-8,10-12H2,1H3/t18?,20-/m1/s1. The Morgan fingerprint density at radius 2 is 2.05 bits per heavy atom. The van der Waals surface area contributed by atoms with Crippen LogP contribution < -0.4 is 15.2 Å². The zero-order chi connectivity index (χ0) is 27.3. The maximum absolute atomic E-state index is 15.2. The fourth-order valence-electron chi connectivity index (χ4n) is 5.05. The molecule has 1 aromatic carbocycles. The molecule has 10 nitrogen and oxygen atoms in total. The van der Waals surface area contributed by atoms with E-state index in [2.05, 4.69) is 4.74 Å². The molecule has 0 radical (unpaired) electrons. The highest BCUT2D eigenvalue weighted by molar-refractivity contribution is 7.98. The van der Waals surface area contributed by atoms with Crippen LogP contribution in [0.4, 0.5) is 13.6 Å². The Kier molecular flexibility index (Phi) is 6.69. The van der Waals surface area contributed by atoms with Gasteiger partial charge in [-0.2, -0.15) is 0 Å². The first-order chi connectivity index (χ1) is 18.9. The number of ether oxygens (including phenoxy) is 4. The van der Waals surface area contributed by atoms with Gasteiger partial charge in [0.25, 0.3) is 5.91 Å². The van der Waals surface area contributed by atoms with Crippen molar-refractivity contribution in [2.45, 2.75) is 22.9 Å². The predicted octanol–water partition coefficient (Wildman–Crippen LogP) is 3.45. The van der Waals surface area contributed by atoms with Crippen LogP contribution in [0.3, 0.4) is 0 Å². The number of carbonyl (C=O) groups is 2. The highest BCUT2D eigenvalue weighted by Crippen LogP contribution is 2.47. The van der Waals surface area contributed by atoms with E-state index in [1.165, 1.54) is 40.0 Å². The number of amides is 1. The molecule has 1 unspecified atom stereocenters. The summed E-state index contributed by atoms with van der Waals surface area (Å²) in [7, 11) is 1.12. The number of hydrogen-bond donors (Lipinski definition) is 0. The summed E-state index contributed by atoms with van der Waals surface area (Å²) in [4.78, 5) is 41.4. The van der Waals surface area contributed by atoms with Crippen molar-refractivity contribution in [1.29, 1.82) is 0 Å². The molecule has 14 heteroatoms. The minimum absolute atomic E-state index is 0.0896. The Morgan fingerprint density at radius 1 is 1.21 bits per heavy atom. The Balaban J connectivity index is 1.56. The van der Waals surface area contributed by atoms with Gasteiger partial charge in [-0.15, -0.1) is 23.1 Å². The van der Waals surface area contributed by atoms with Gasteiger partial charge in [0.15, 0.2) is 17.3 Å². The topological polar surface area (TPSA) is 99.5 Å². The lowest BCUT2D eigenvalue weighted by Gasteiger charge is -2.51. The van der Waals surface area contributed by atoms with Crippen LogP contribution in [0, 0.1) is 11.6 Å². The molecular weight excluding hydrogens is 556 g/mol. The van der Waals surface area contributed by atoms with Crippen LogP contribution in [0.1, 0.15) is 32.5 Å². The summed E-state index contributed by atoms with van der Waals surface area (Å²) < 4.78 is 51.5. The van der Waals surface area contributed by atoms with E-state index < -0.39 is 48.1 Å². The van der Waals surface area contributed by atoms with Gasteiger partial charge in [-0.3, -0.25) is 19.3 Å². The maximum Gasteiger partial charge on any atom is 0.510 e. The highest BCUT2D eigenvalue weighted by Gasteiger charge is 2.46. The number of methoxy groups -OCH3 is 1. The molecular formula is C25H21F2N3O7S2. The molecule has 2 atom stereocenters. The number of fused-ring (bicyclic) bond motifs is 4. The van der Waals surface area contributed by atoms with Crippen LogP contribution >= 0.6 is 23.1 Å². The molecule has 1 fully saturated rings. The smallest absolute Gasteiger partial charge is 0.451 e. The van der Waals surface area contributed by atoms with Gasteiger partial charge in [-0.1, -0.05) is 6.07 Å². The number of thiophene rings is 1. The number of aromatic nitrogens is 1. The molecule has 3 aromatic rings. The van der Waals surface area contributed by atoms with Gasteiger partial charge in [0.2, 0.25) is 18.0 Å². The summed E-state index contributed by atoms with van der Waals surface area (Å²) in [6.45, 7) is -0.0237. The second-order valence-corrected chi connectivity index (χ2v) is 10.7. The van der Waals surface area contributed by atoms with Crippen molar-refractivity contribution in [2.75, 3.05) is 38.7 Å². The summed E-state index contributed by atoms with van der Waals surface area (Å²) in [5.41, 5.74) is 0.0625. The van der Waals surface area contributed by atoms with E-state index in [4.69, 9.17) is 14.2 Å². The third-order valence-corrected chi connectivity index (χ3v) is 8.97. The van der Waals surface area contributed by atoms with Crippen LogP contribution in [-0.4, -0.2) is 61.5 Å². The fraction of sp³-hybridized carbons (Fsp3) is 0.320. The first kappa shape index (κ1) is 25.6. The van der Waals surface area contributed by atoms with E-state index in [9.17, 15) is 18.8 Å². The molecule has 5 heterocycles. The monoisotopic (exact) mass is 577 g/mol. The minimum atomic E-state index is -1.02. The zero-order valence-electron chi connectivity index (χ0n) is 20.4. The van der Waals surface area contributed by atoms with Gasteiger partial charge in [-0.05, 0) is 23.1 Å². The molecule has 2 aromatic heterocycles. The van der Waals surface area contributed by atoms with Gasteiger partial charge in [0, 0.05) is 39.9 Å². The maximum atomic E-state index is 15.2. The third kappa shape index (κ3) is 4.22. The number of morpholine rings is 1. The zero-order valence-corrected chi connectivity index (χ0v) is 22.1.